The lowest BCUT2D eigenvalue weighted by atomic mass is 10.3. The topological polar surface area (TPSA) is 41.1 Å². The number of halogens is 1. The van der Waals surface area contributed by atoms with Crippen LogP contribution in [0.2, 0.25) is 0 Å². The summed E-state index contributed by atoms with van der Waals surface area (Å²) in [6.45, 7) is 1.82. The van der Waals surface area contributed by atoms with E-state index in [1.54, 1.807) is 7.05 Å². The van der Waals surface area contributed by atoms with E-state index in [1.807, 2.05) is 31.2 Å². The molecule has 0 bridgehead atoms. The number of carbonyl (C=O) groups is 1. The Morgan fingerprint density at radius 2 is 2.21 bits per heavy atom. The minimum absolute atomic E-state index is 0.0190. The lowest BCUT2D eigenvalue weighted by Crippen LogP contribution is -2.35. The Balaban J connectivity index is 2.65. The van der Waals surface area contributed by atoms with Crippen LogP contribution in [-0.2, 0) is 4.79 Å². The molecule has 3 nitrogen and oxygen atoms in total. The van der Waals surface area contributed by atoms with Crippen LogP contribution in [0.3, 0.4) is 0 Å². The molecule has 0 aromatic heterocycles. The van der Waals surface area contributed by atoms with Crippen molar-refractivity contribution in [3.05, 3.63) is 27.8 Å². The van der Waals surface area contributed by atoms with Gasteiger partial charge in [-0.1, -0.05) is 6.07 Å². The number of anilines is 1. The van der Waals surface area contributed by atoms with E-state index in [1.165, 1.54) is 0 Å². The van der Waals surface area contributed by atoms with Crippen molar-refractivity contribution in [2.24, 2.45) is 0 Å². The number of rotatable bonds is 3. The molecular formula is C10H13IN2O. The quantitative estimate of drug-likeness (QED) is 0.837. The van der Waals surface area contributed by atoms with Gasteiger partial charge in [-0.2, -0.15) is 0 Å². The smallest absolute Gasteiger partial charge is 0.241 e. The predicted octanol–water partition coefficient (Wildman–Crippen LogP) is 1.84. The molecule has 1 atom stereocenters. The number of hydrogen-bond acceptors (Lipinski definition) is 2. The first kappa shape index (κ1) is 11.5. The summed E-state index contributed by atoms with van der Waals surface area (Å²) in [5.41, 5.74) is 0.837. The molecule has 1 aromatic carbocycles. The van der Waals surface area contributed by atoms with E-state index in [9.17, 15) is 4.79 Å². The molecule has 4 heteroatoms. The summed E-state index contributed by atoms with van der Waals surface area (Å²) in [6, 6.07) is 7.54. The Morgan fingerprint density at radius 3 is 2.79 bits per heavy atom. The first-order valence-electron chi connectivity index (χ1n) is 4.37. The van der Waals surface area contributed by atoms with E-state index in [4.69, 9.17) is 0 Å². The maximum Gasteiger partial charge on any atom is 0.241 e. The van der Waals surface area contributed by atoms with Crippen LogP contribution in [0.15, 0.2) is 24.3 Å². The zero-order valence-electron chi connectivity index (χ0n) is 8.17. The second kappa shape index (κ2) is 5.31. The van der Waals surface area contributed by atoms with Crippen LogP contribution in [0.5, 0.6) is 0 Å². The van der Waals surface area contributed by atoms with Crippen molar-refractivity contribution in [3.8, 4) is 0 Å². The number of carbonyl (C=O) groups excluding carboxylic acids is 1. The highest BCUT2D eigenvalue weighted by Crippen LogP contribution is 2.12. The van der Waals surface area contributed by atoms with E-state index < -0.39 is 0 Å². The summed E-state index contributed by atoms with van der Waals surface area (Å²) in [5, 5.41) is 5.71. The van der Waals surface area contributed by atoms with Crippen molar-refractivity contribution in [1.82, 2.24) is 5.32 Å². The maximum absolute atomic E-state index is 11.5. The van der Waals surface area contributed by atoms with Crippen LogP contribution in [-0.4, -0.2) is 19.0 Å². The van der Waals surface area contributed by atoms with E-state index >= 15 is 0 Å². The summed E-state index contributed by atoms with van der Waals surface area (Å²) < 4.78 is 1.11. The van der Waals surface area contributed by atoms with Gasteiger partial charge in [-0.25, -0.2) is 0 Å². The Kier molecular flexibility index (Phi) is 4.34. The molecule has 1 aromatic rings. The summed E-state index contributed by atoms with van der Waals surface area (Å²) in [4.78, 5) is 11.5. The van der Waals surface area contributed by atoms with E-state index in [0.29, 0.717) is 0 Å². The predicted molar refractivity (Wildman–Crippen MR) is 66.3 cm³/mol. The highest BCUT2D eigenvalue weighted by Gasteiger charge is 2.09. The summed E-state index contributed by atoms with van der Waals surface area (Å²) in [6.07, 6.45) is 0. The van der Waals surface area contributed by atoms with Crippen molar-refractivity contribution in [3.63, 3.8) is 0 Å². The van der Waals surface area contributed by atoms with Crippen LogP contribution < -0.4 is 10.6 Å². The Labute approximate surface area is 97.4 Å². The van der Waals surface area contributed by atoms with Crippen LogP contribution in [0.25, 0.3) is 0 Å². The van der Waals surface area contributed by atoms with Crippen LogP contribution >= 0.6 is 22.6 Å². The number of nitrogens with one attached hydrogen (secondary N) is 2. The first-order valence-corrected chi connectivity index (χ1v) is 5.45. The Morgan fingerprint density at radius 1 is 1.50 bits per heavy atom. The molecule has 0 heterocycles. The van der Waals surface area contributed by atoms with Gasteiger partial charge in [0.2, 0.25) is 5.91 Å². The number of amides is 1. The van der Waals surface area contributed by atoms with Crippen molar-refractivity contribution < 1.29 is 4.79 Å². The van der Waals surface area contributed by atoms with Gasteiger partial charge in [-0.3, -0.25) is 4.79 Å². The van der Waals surface area contributed by atoms with Crippen molar-refractivity contribution in [1.29, 1.82) is 0 Å². The lowest BCUT2D eigenvalue weighted by Gasteiger charge is -2.10. The van der Waals surface area contributed by atoms with Gasteiger partial charge >= 0.3 is 0 Å². The minimum Gasteiger partial charge on any atom is -0.325 e. The van der Waals surface area contributed by atoms with Gasteiger partial charge < -0.3 is 10.6 Å². The molecule has 0 aliphatic rings. The van der Waals surface area contributed by atoms with Crippen LogP contribution in [0.1, 0.15) is 6.92 Å². The third-order valence-corrected chi connectivity index (χ3v) is 2.59. The molecule has 0 fully saturated rings. The molecule has 0 saturated carbocycles. The molecule has 0 radical (unpaired) electrons. The molecule has 1 rings (SSSR count). The third kappa shape index (κ3) is 3.26. The van der Waals surface area contributed by atoms with E-state index in [0.717, 1.165) is 9.26 Å². The van der Waals surface area contributed by atoms with Crippen LogP contribution in [0.4, 0.5) is 5.69 Å². The molecule has 0 aliphatic carbocycles. The maximum atomic E-state index is 11.5. The average Bonchev–Trinajstić information content (AvgIpc) is 2.16. The molecule has 1 amide bonds. The van der Waals surface area contributed by atoms with Crippen LogP contribution in [0, 0.1) is 3.57 Å². The summed E-state index contributed by atoms with van der Waals surface area (Å²) >= 11 is 2.21. The van der Waals surface area contributed by atoms with Gasteiger partial charge in [0, 0.05) is 9.26 Å². The fraction of sp³-hybridized carbons (Fsp3) is 0.300. The normalized spacial score (nSPS) is 12.2. The molecule has 0 aliphatic heterocycles. The summed E-state index contributed by atoms with van der Waals surface area (Å²) in [7, 11) is 1.76. The van der Waals surface area contributed by atoms with Gasteiger partial charge in [-0.05, 0) is 54.8 Å². The number of hydrogen-bond donors (Lipinski definition) is 2. The van der Waals surface area contributed by atoms with Crippen molar-refractivity contribution >= 4 is 34.2 Å². The van der Waals surface area contributed by atoms with Gasteiger partial charge in [0.1, 0.15) is 0 Å². The monoisotopic (exact) mass is 304 g/mol. The fourth-order valence-electron chi connectivity index (χ4n) is 0.948. The molecule has 14 heavy (non-hydrogen) atoms. The zero-order chi connectivity index (χ0) is 10.6. The molecule has 76 valence electrons. The van der Waals surface area contributed by atoms with E-state index in [2.05, 4.69) is 33.2 Å². The van der Waals surface area contributed by atoms with Gasteiger partial charge in [-0.15, -0.1) is 0 Å². The van der Waals surface area contributed by atoms with E-state index in [-0.39, 0.29) is 11.9 Å². The second-order valence-electron chi connectivity index (χ2n) is 3.01. The molecule has 0 spiro atoms. The summed E-state index contributed by atoms with van der Waals surface area (Å²) in [5.74, 6) is -0.0190. The van der Waals surface area contributed by atoms with Gasteiger partial charge in [0.15, 0.2) is 0 Å². The second-order valence-corrected chi connectivity index (χ2v) is 4.26. The van der Waals surface area contributed by atoms with Crippen molar-refractivity contribution in [2.45, 2.75) is 13.0 Å². The highest BCUT2D eigenvalue weighted by molar-refractivity contribution is 14.1. The molecular weight excluding hydrogens is 291 g/mol. The van der Waals surface area contributed by atoms with Crippen molar-refractivity contribution in [2.75, 3.05) is 12.4 Å². The SMILES string of the molecule is CN[C@@H](C)C(=O)Nc1cccc(I)c1. The third-order valence-electron chi connectivity index (χ3n) is 1.92. The fourth-order valence-corrected chi connectivity index (χ4v) is 1.49. The highest BCUT2D eigenvalue weighted by atomic mass is 127. The Hall–Kier alpha value is -0.620. The molecule has 0 unspecified atom stereocenters. The van der Waals surface area contributed by atoms with Gasteiger partial charge in [0.05, 0.1) is 6.04 Å². The first-order chi connectivity index (χ1) is 6.63. The number of benzene rings is 1. The standard InChI is InChI=1S/C10H13IN2O/c1-7(12-2)10(14)13-9-5-3-4-8(11)6-9/h3-7,12H,1-2H3,(H,13,14)/t7-/m0/s1. The largest absolute Gasteiger partial charge is 0.325 e. The number of likely N-dealkylation sites (N-methyl/N-ethyl adjacent to an activating group) is 1. The minimum atomic E-state index is -0.173. The average molecular weight is 304 g/mol. The molecule has 0 saturated heterocycles. The van der Waals surface area contributed by atoms with Gasteiger partial charge in [0.25, 0.3) is 0 Å². The Bertz CT molecular complexity index is 328. The lowest BCUT2D eigenvalue weighted by molar-refractivity contribution is -0.117. The molecule has 2 N–H and O–H groups in total. The zero-order valence-corrected chi connectivity index (χ0v) is 10.3.